The number of benzene rings is 1. The van der Waals surface area contributed by atoms with E-state index in [4.69, 9.17) is 4.74 Å². The van der Waals surface area contributed by atoms with Crippen LogP contribution in [0, 0.1) is 12.8 Å². The molecule has 1 aliphatic heterocycles. The summed E-state index contributed by atoms with van der Waals surface area (Å²) in [5.74, 6) is 0.678. The number of carbonyl (C=O) groups excluding carboxylic acids is 2. The van der Waals surface area contributed by atoms with Crippen molar-refractivity contribution < 1.29 is 14.3 Å². The summed E-state index contributed by atoms with van der Waals surface area (Å²) in [5, 5.41) is 2.92. The van der Waals surface area contributed by atoms with Crippen molar-refractivity contribution in [3.8, 4) is 0 Å². The largest absolute Gasteiger partial charge is 0.368 e. The van der Waals surface area contributed by atoms with Crippen molar-refractivity contribution in [3.05, 3.63) is 29.8 Å². The van der Waals surface area contributed by atoms with Crippen LogP contribution in [-0.4, -0.2) is 60.6 Å². The number of hydrogen-bond acceptors (Lipinski definition) is 3. The molecule has 136 valence electrons. The maximum absolute atomic E-state index is 12.4. The summed E-state index contributed by atoms with van der Waals surface area (Å²) in [6.45, 7) is 6.69. The van der Waals surface area contributed by atoms with Crippen LogP contribution in [0.1, 0.15) is 25.3 Å². The van der Waals surface area contributed by atoms with Gasteiger partial charge in [0.25, 0.3) is 5.91 Å². The molecule has 0 radical (unpaired) electrons. The van der Waals surface area contributed by atoms with Crippen LogP contribution in [0.15, 0.2) is 24.3 Å². The van der Waals surface area contributed by atoms with Crippen molar-refractivity contribution in [3.63, 3.8) is 0 Å². The average molecular weight is 345 g/mol. The maximum atomic E-state index is 12.4. The molecule has 0 bridgehead atoms. The summed E-state index contributed by atoms with van der Waals surface area (Å²) < 4.78 is 5.66. The van der Waals surface area contributed by atoms with Crippen molar-refractivity contribution in [1.82, 2.24) is 9.80 Å². The number of piperazine rings is 1. The van der Waals surface area contributed by atoms with Crippen LogP contribution in [0.2, 0.25) is 0 Å². The Kier molecular flexibility index (Phi) is 5.58. The van der Waals surface area contributed by atoms with Crippen molar-refractivity contribution in [2.24, 2.45) is 5.92 Å². The molecule has 0 aromatic heterocycles. The van der Waals surface area contributed by atoms with Crippen LogP contribution in [0.25, 0.3) is 0 Å². The van der Waals surface area contributed by atoms with Gasteiger partial charge in [-0.1, -0.05) is 12.1 Å². The average Bonchev–Trinajstić information content (AvgIpc) is 3.43. The van der Waals surface area contributed by atoms with E-state index in [1.807, 2.05) is 38.1 Å². The molecule has 2 fully saturated rings. The molecule has 1 atom stereocenters. The summed E-state index contributed by atoms with van der Waals surface area (Å²) in [4.78, 5) is 28.3. The van der Waals surface area contributed by atoms with Gasteiger partial charge in [0.15, 0.2) is 0 Å². The Morgan fingerprint density at radius 1 is 1.20 bits per heavy atom. The van der Waals surface area contributed by atoms with E-state index in [0.29, 0.717) is 38.7 Å². The van der Waals surface area contributed by atoms with E-state index in [0.717, 1.165) is 11.3 Å². The van der Waals surface area contributed by atoms with Crippen molar-refractivity contribution in [2.45, 2.75) is 32.8 Å². The zero-order valence-electron chi connectivity index (χ0n) is 15.0. The van der Waals surface area contributed by atoms with E-state index in [-0.39, 0.29) is 11.9 Å². The minimum absolute atomic E-state index is 0.0272. The van der Waals surface area contributed by atoms with Crippen LogP contribution in [-0.2, 0) is 9.53 Å². The lowest BCUT2D eigenvalue weighted by atomic mass is 10.2. The molecular formula is C19H27N3O3. The first-order valence-corrected chi connectivity index (χ1v) is 9.06. The summed E-state index contributed by atoms with van der Waals surface area (Å²) >= 11 is 0. The van der Waals surface area contributed by atoms with Crippen LogP contribution >= 0.6 is 0 Å². The Labute approximate surface area is 149 Å². The fourth-order valence-corrected chi connectivity index (χ4v) is 2.95. The number of urea groups is 1. The fraction of sp³-hybridized carbons (Fsp3) is 0.579. The second kappa shape index (κ2) is 7.87. The van der Waals surface area contributed by atoms with E-state index < -0.39 is 6.10 Å². The molecule has 1 N–H and O–H groups in total. The lowest BCUT2D eigenvalue weighted by Crippen LogP contribution is -2.53. The normalized spacial score (nSPS) is 18.8. The zero-order valence-corrected chi connectivity index (χ0v) is 15.0. The predicted octanol–water partition coefficient (Wildman–Crippen LogP) is 2.49. The van der Waals surface area contributed by atoms with Gasteiger partial charge in [0.2, 0.25) is 0 Å². The van der Waals surface area contributed by atoms with Crippen LogP contribution in [0.3, 0.4) is 0 Å². The minimum atomic E-state index is -0.395. The Morgan fingerprint density at radius 2 is 1.88 bits per heavy atom. The van der Waals surface area contributed by atoms with E-state index >= 15 is 0 Å². The Hall–Kier alpha value is -2.08. The van der Waals surface area contributed by atoms with Gasteiger partial charge in [-0.25, -0.2) is 4.79 Å². The van der Waals surface area contributed by atoms with Gasteiger partial charge in [0.05, 0.1) is 6.61 Å². The Bertz CT molecular complexity index is 622. The van der Waals surface area contributed by atoms with Gasteiger partial charge in [-0.3, -0.25) is 4.79 Å². The van der Waals surface area contributed by atoms with E-state index in [2.05, 4.69) is 5.32 Å². The van der Waals surface area contributed by atoms with Gasteiger partial charge in [-0.05, 0) is 50.3 Å². The highest BCUT2D eigenvalue weighted by molar-refractivity contribution is 5.89. The Morgan fingerprint density at radius 3 is 2.52 bits per heavy atom. The third-order valence-electron chi connectivity index (χ3n) is 4.77. The summed E-state index contributed by atoms with van der Waals surface area (Å²) in [6, 6.07) is 7.62. The highest BCUT2D eigenvalue weighted by atomic mass is 16.5. The minimum Gasteiger partial charge on any atom is -0.368 e. The third-order valence-corrected chi connectivity index (χ3v) is 4.77. The maximum Gasteiger partial charge on any atom is 0.321 e. The Balaban J connectivity index is 1.44. The molecule has 2 aliphatic rings. The predicted molar refractivity (Wildman–Crippen MR) is 96.5 cm³/mol. The molecule has 1 heterocycles. The van der Waals surface area contributed by atoms with Crippen molar-refractivity contribution in [2.75, 3.05) is 38.1 Å². The SMILES string of the molecule is Cc1cccc(NC(=O)N2CCN(C(=O)C(C)OCC3CC3)CC2)c1. The first-order chi connectivity index (χ1) is 12.0. The van der Waals surface area contributed by atoms with Gasteiger partial charge in [-0.2, -0.15) is 0 Å². The van der Waals surface area contributed by atoms with Gasteiger partial charge >= 0.3 is 6.03 Å². The molecule has 1 unspecified atom stereocenters. The van der Waals surface area contributed by atoms with E-state index in [1.165, 1.54) is 12.8 Å². The molecule has 25 heavy (non-hydrogen) atoms. The van der Waals surface area contributed by atoms with Gasteiger partial charge in [0.1, 0.15) is 6.10 Å². The summed E-state index contributed by atoms with van der Waals surface area (Å²) in [7, 11) is 0. The molecule has 3 amide bonds. The molecule has 3 rings (SSSR count). The first-order valence-electron chi connectivity index (χ1n) is 9.06. The smallest absolute Gasteiger partial charge is 0.321 e. The molecule has 6 heteroatoms. The fourth-order valence-electron chi connectivity index (χ4n) is 2.95. The molecule has 1 saturated heterocycles. The van der Waals surface area contributed by atoms with Crippen molar-refractivity contribution in [1.29, 1.82) is 0 Å². The highest BCUT2D eigenvalue weighted by Gasteiger charge is 2.29. The van der Waals surface area contributed by atoms with Crippen molar-refractivity contribution >= 4 is 17.6 Å². The molecule has 1 aromatic carbocycles. The number of nitrogens with one attached hydrogen (secondary N) is 1. The van der Waals surface area contributed by atoms with Crippen LogP contribution < -0.4 is 5.32 Å². The van der Waals surface area contributed by atoms with Crippen LogP contribution in [0.5, 0.6) is 0 Å². The van der Waals surface area contributed by atoms with Crippen LogP contribution in [0.4, 0.5) is 10.5 Å². The number of ether oxygens (including phenoxy) is 1. The number of aryl methyl sites for hydroxylation is 1. The molecule has 6 nitrogen and oxygen atoms in total. The highest BCUT2D eigenvalue weighted by Crippen LogP contribution is 2.29. The summed E-state index contributed by atoms with van der Waals surface area (Å²) in [6.07, 6.45) is 2.04. The van der Waals surface area contributed by atoms with Gasteiger partial charge < -0.3 is 19.9 Å². The number of nitrogens with zero attached hydrogens (tertiary/aromatic N) is 2. The number of amides is 3. The summed E-state index contributed by atoms with van der Waals surface area (Å²) in [5.41, 5.74) is 1.90. The number of anilines is 1. The molecular weight excluding hydrogens is 318 g/mol. The lowest BCUT2D eigenvalue weighted by Gasteiger charge is -2.35. The zero-order chi connectivity index (χ0) is 17.8. The van der Waals surface area contributed by atoms with E-state index in [9.17, 15) is 9.59 Å². The molecule has 1 aliphatic carbocycles. The lowest BCUT2D eigenvalue weighted by molar-refractivity contribution is -0.144. The quantitative estimate of drug-likeness (QED) is 0.892. The monoisotopic (exact) mass is 345 g/mol. The standard InChI is InChI=1S/C19H27N3O3/c1-14-4-3-5-17(12-14)20-19(24)22-10-8-21(9-11-22)18(23)15(2)25-13-16-6-7-16/h3-5,12,15-16H,6-11,13H2,1-2H3,(H,20,24). The van der Waals surface area contributed by atoms with Gasteiger partial charge in [0, 0.05) is 31.9 Å². The second-order valence-electron chi connectivity index (χ2n) is 7.03. The molecule has 1 aromatic rings. The second-order valence-corrected chi connectivity index (χ2v) is 7.03. The third kappa shape index (κ3) is 4.95. The molecule has 0 spiro atoms. The van der Waals surface area contributed by atoms with Gasteiger partial charge in [-0.15, -0.1) is 0 Å². The number of rotatable bonds is 5. The molecule has 1 saturated carbocycles. The number of carbonyl (C=O) groups is 2. The topological polar surface area (TPSA) is 61.9 Å². The first kappa shape index (κ1) is 17.7. The number of hydrogen-bond donors (Lipinski definition) is 1. The van der Waals surface area contributed by atoms with E-state index in [1.54, 1.807) is 9.80 Å².